The summed E-state index contributed by atoms with van der Waals surface area (Å²) in [6.45, 7) is 4.87. The summed E-state index contributed by atoms with van der Waals surface area (Å²) in [5.41, 5.74) is 8.01. The van der Waals surface area contributed by atoms with Crippen LogP contribution in [0.3, 0.4) is 0 Å². The molecule has 19 heavy (non-hydrogen) atoms. The molecule has 1 aromatic rings. The first-order valence-electron chi connectivity index (χ1n) is 6.84. The Morgan fingerprint density at radius 3 is 2.89 bits per heavy atom. The Bertz CT molecular complexity index is 473. The molecule has 0 radical (unpaired) electrons. The first-order valence-corrected chi connectivity index (χ1v) is 7.92. The summed E-state index contributed by atoms with van der Waals surface area (Å²) in [6.07, 6.45) is 3.27. The molecule has 0 aliphatic carbocycles. The summed E-state index contributed by atoms with van der Waals surface area (Å²) in [5.74, 6) is 0.134. The number of amides is 1. The van der Waals surface area contributed by atoms with Crippen molar-refractivity contribution in [2.24, 2.45) is 5.73 Å². The van der Waals surface area contributed by atoms with E-state index in [0.29, 0.717) is 0 Å². The lowest BCUT2D eigenvalue weighted by atomic mass is 9.96. The van der Waals surface area contributed by atoms with Crippen molar-refractivity contribution in [2.75, 3.05) is 6.54 Å². The van der Waals surface area contributed by atoms with E-state index >= 15 is 0 Å². The number of carbonyl (C=O) groups is 1. The molecule has 4 heteroatoms. The van der Waals surface area contributed by atoms with Gasteiger partial charge in [-0.25, -0.2) is 0 Å². The van der Waals surface area contributed by atoms with Crippen molar-refractivity contribution in [3.63, 3.8) is 0 Å². The fourth-order valence-electron chi connectivity index (χ4n) is 2.72. The molecule has 2 N–H and O–H groups in total. The third-order valence-corrected chi connectivity index (χ3v) is 5.27. The lowest BCUT2D eigenvalue weighted by Crippen LogP contribution is -2.51. The first kappa shape index (κ1) is 14.8. The summed E-state index contributed by atoms with van der Waals surface area (Å²) < 4.78 is 1.05. The molecular formula is C15H21IN2O. The molecular weight excluding hydrogens is 351 g/mol. The zero-order valence-electron chi connectivity index (χ0n) is 11.5. The summed E-state index contributed by atoms with van der Waals surface area (Å²) in [4.78, 5) is 14.7. The van der Waals surface area contributed by atoms with Crippen molar-refractivity contribution in [1.82, 2.24) is 4.90 Å². The third kappa shape index (κ3) is 3.11. The van der Waals surface area contributed by atoms with Gasteiger partial charge in [-0.3, -0.25) is 4.79 Å². The van der Waals surface area contributed by atoms with E-state index in [4.69, 9.17) is 5.73 Å². The molecule has 3 nitrogen and oxygen atoms in total. The average molecular weight is 372 g/mol. The van der Waals surface area contributed by atoms with Crippen molar-refractivity contribution < 1.29 is 4.79 Å². The van der Waals surface area contributed by atoms with Crippen molar-refractivity contribution in [3.05, 3.63) is 32.9 Å². The molecule has 1 aliphatic rings. The smallest absolute Gasteiger partial charge is 0.255 e. The van der Waals surface area contributed by atoms with Gasteiger partial charge in [-0.15, -0.1) is 0 Å². The molecule has 2 unspecified atom stereocenters. The van der Waals surface area contributed by atoms with Gasteiger partial charge >= 0.3 is 0 Å². The summed E-state index contributed by atoms with van der Waals surface area (Å²) in [7, 11) is 0. The quantitative estimate of drug-likeness (QED) is 0.812. The van der Waals surface area contributed by atoms with Crippen molar-refractivity contribution in [3.8, 4) is 0 Å². The van der Waals surface area contributed by atoms with Crippen molar-refractivity contribution >= 4 is 28.5 Å². The van der Waals surface area contributed by atoms with Crippen LogP contribution in [-0.4, -0.2) is 29.4 Å². The normalized spacial score (nSPS) is 21.3. The Morgan fingerprint density at radius 2 is 2.21 bits per heavy atom. The highest BCUT2D eigenvalue weighted by molar-refractivity contribution is 14.1. The van der Waals surface area contributed by atoms with E-state index in [9.17, 15) is 4.79 Å². The Balaban J connectivity index is 2.29. The van der Waals surface area contributed by atoms with Crippen LogP contribution in [-0.2, 0) is 0 Å². The highest BCUT2D eigenvalue weighted by atomic mass is 127. The first-order chi connectivity index (χ1) is 9.02. The van der Waals surface area contributed by atoms with E-state index in [-0.39, 0.29) is 18.0 Å². The topological polar surface area (TPSA) is 46.3 Å². The van der Waals surface area contributed by atoms with Crippen LogP contribution < -0.4 is 5.73 Å². The van der Waals surface area contributed by atoms with Crippen LogP contribution in [0, 0.1) is 10.5 Å². The van der Waals surface area contributed by atoms with Crippen molar-refractivity contribution in [2.45, 2.75) is 45.2 Å². The van der Waals surface area contributed by atoms with Crippen molar-refractivity contribution in [1.29, 1.82) is 0 Å². The van der Waals surface area contributed by atoms with Gasteiger partial charge in [0.15, 0.2) is 0 Å². The Morgan fingerprint density at radius 1 is 1.47 bits per heavy atom. The average Bonchev–Trinajstić information content (AvgIpc) is 2.41. The lowest BCUT2D eigenvalue weighted by Gasteiger charge is -2.38. The minimum absolute atomic E-state index is 0.0340. The van der Waals surface area contributed by atoms with Crippen LogP contribution >= 0.6 is 22.6 Å². The molecule has 2 rings (SSSR count). The maximum Gasteiger partial charge on any atom is 0.255 e. The van der Waals surface area contributed by atoms with Gasteiger partial charge in [0.2, 0.25) is 0 Å². The maximum absolute atomic E-state index is 12.8. The van der Waals surface area contributed by atoms with Gasteiger partial charge in [0.25, 0.3) is 5.91 Å². The summed E-state index contributed by atoms with van der Waals surface area (Å²) in [5, 5.41) is 0. The van der Waals surface area contributed by atoms with Crippen LogP contribution in [0.15, 0.2) is 18.2 Å². The summed E-state index contributed by atoms with van der Waals surface area (Å²) in [6, 6.07) is 6.13. The second kappa shape index (κ2) is 6.22. The van der Waals surface area contributed by atoms with E-state index in [1.54, 1.807) is 0 Å². The van der Waals surface area contributed by atoms with Gasteiger partial charge in [-0.1, -0.05) is 12.1 Å². The predicted molar refractivity (Wildman–Crippen MR) is 86.2 cm³/mol. The molecule has 1 heterocycles. The number of likely N-dealkylation sites (tertiary alicyclic amines) is 1. The fourth-order valence-corrected chi connectivity index (χ4v) is 3.31. The molecule has 0 aromatic heterocycles. The van der Waals surface area contributed by atoms with Gasteiger partial charge in [0.05, 0.1) is 5.56 Å². The Kier molecular flexibility index (Phi) is 4.84. The minimum atomic E-state index is 0.0340. The van der Waals surface area contributed by atoms with Gasteiger partial charge in [0, 0.05) is 22.2 Å². The standard InChI is InChI=1S/C15H21IN2O/c1-10-6-5-7-12(14(10)16)15(19)18-9-4-3-8-13(18)11(2)17/h5-7,11,13H,3-4,8-9,17H2,1-2H3. The third-order valence-electron chi connectivity index (χ3n) is 3.84. The lowest BCUT2D eigenvalue weighted by molar-refractivity contribution is 0.0582. The van der Waals surface area contributed by atoms with Crippen LogP contribution in [0.1, 0.15) is 42.1 Å². The molecule has 1 aromatic carbocycles. The number of piperidine rings is 1. The van der Waals surface area contributed by atoms with E-state index < -0.39 is 0 Å². The molecule has 0 spiro atoms. The van der Waals surface area contributed by atoms with Crippen LogP contribution in [0.25, 0.3) is 0 Å². The number of hydrogen-bond donors (Lipinski definition) is 1. The maximum atomic E-state index is 12.8. The van der Waals surface area contributed by atoms with Crippen LogP contribution in [0.2, 0.25) is 0 Å². The monoisotopic (exact) mass is 372 g/mol. The zero-order valence-corrected chi connectivity index (χ0v) is 13.7. The largest absolute Gasteiger partial charge is 0.334 e. The highest BCUT2D eigenvalue weighted by Gasteiger charge is 2.30. The molecule has 0 bridgehead atoms. The summed E-state index contributed by atoms with van der Waals surface area (Å²) >= 11 is 2.26. The van der Waals surface area contributed by atoms with E-state index in [0.717, 1.165) is 34.1 Å². The SMILES string of the molecule is Cc1cccc(C(=O)N2CCCCC2C(C)N)c1I. The van der Waals surface area contributed by atoms with Crippen LogP contribution in [0.4, 0.5) is 0 Å². The van der Waals surface area contributed by atoms with Gasteiger partial charge in [0.1, 0.15) is 0 Å². The molecule has 104 valence electrons. The number of benzene rings is 1. The van der Waals surface area contributed by atoms with Gasteiger partial charge < -0.3 is 10.6 Å². The number of hydrogen-bond acceptors (Lipinski definition) is 2. The number of halogens is 1. The van der Waals surface area contributed by atoms with E-state index in [1.807, 2.05) is 36.9 Å². The molecule has 1 aliphatic heterocycles. The number of aryl methyl sites for hydroxylation is 1. The number of rotatable bonds is 2. The molecule has 1 amide bonds. The van der Waals surface area contributed by atoms with Crippen LogP contribution in [0.5, 0.6) is 0 Å². The Labute approximate surface area is 128 Å². The van der Waals surface area contributed by atoms with E-state index in [2.05, 4.69) is 22.6 Å². The van der Waals surface area contributed by atoms with Gasteiger partial charge in [-0.05, 0) is 67.3 Å². The second-order valence-corrected chi connectivity index (χ2v) is 6.44. The minimum Gasteiger partial charge on any atom is -0.334 e. The number of nitrogens with two attached hydrogens (primary N) is 1. The molecule has 1 fully saturated rings. The number of nitrogens with zero attached hydrogens (tertiary/aromatic N) is 1. The Hall–Kier alpha value is -0.620. The molecule has 0 saturated carbocycles. The zero-order chi connectivity index (χ0) is 14.0. The molecule has 2 atom stereocenters. The predicted octanol–water partition coefficient (Wildman–Crippen LogP) is 2.94. The van der Waals surface area contributed by atoms with E-state index in [1.165, 1.54) is 6.42 Å². The second-order valence-electron chi connectivity index (χ2n) is 5.36. The molecule has 1 saturated heterocycles. The highest BCUT2D eigenvalue weighted by Crippen LogP contribution is 2.24. The number of carbonyl (C=O) groups excluding carboxylic acids is 1. The van der Waals surface area contributed by atoms with Gasteiger partial charge in [-0.2, -0.15) is 0 Å². The fraction of sp³-hybridized carbons (Fsp3) is 0.533.